The monoisotopic (exact) mass is 260 g/mol. The van der Waals surface area contributed by atoms with E-state index < -0.39 is 25.0 Å². The number of aromatic nitrogens is 1. The molecule has 4 nitrogen and oxygen atoms in total. The average molecular weight is 260 g/mol. The van der Waals surface area contributed by atoms with Crippen LogP contribution in [0.1, 0.15) is 30.3 Å². The first kappa shape index (κ1) is 14.6. The zero-order chi connectivity index (χ0) is 13.5. The Labute approximate surface area is 105 Å². The first-order valence-corrected chi connectivity index (χ1v) is 5.94. The molecule has 1 heterocycles. The Balaban J connectivity index is 2.48. The fourth-order valence-electron chi connectivity index (χ4n) is 1.58. The lowest BCUT2D eigenvalue weighted by molar-refractivity contribution is 0.0920. The van der Waals surface area contributed by atoms with Crippen molar-refractivity contribution < 1.29 is 18.7 Å². The highest BCUT2D eigenvalue weighted by molar-refractivity contribution is 5.92. The second kappa shape index (κ2) is 7.10. The minimum Gasteiger partial charge on any atom is -0.393 e. The zero-order valence-electron chi connectivity index (χ0n) is 10.3. The van der Waals surface area contributed by atoms with Gasteiger partial charge in [0, 0.05) is 12.7 Å². The average Bonchev–Trinajstić information content (AvgIpc) is 2.75. The molecule has 1 aromatic rings. The molecule has 1 unspecified atom stereocenters. The van der Waals surface area contributed by atoms with Crippen LogP contribution in [0.4, 0.5) is 8.78 Å². The number of carbonyl (C=O) groups is 1. The van der Waals surface area contributed by atoms with E-state index in [1.165, 1.54) is 16.8 Å². The van der Waals surface area contributed by atoms with Crippen molar-refractivity contribution in [1.29, 1.82) is 0 Å². The van der Waals surface area contributed by atoms with E-state index in [4.69, 9.17) is 0 Å². The van der Waals surface area contributed by atoms with E-state index in [0.29, 0.717) is 19.4 Å². The van der Waals surface area contributed by atoms with Crippen molar-refractivity contribution in [2.75, 3.05) is 6.54 Å². The van der Waals surface area contributed by atoms with Gasteiger partial charge in [0.15, 0.2) is 0 Å². The molecule has 6 heteroatoms. The van der Waals surface area contributed by atoms with Crippen LogP contribution in [0.5, 0.6) is 0 Å². The summed E-state index contributed by atoms with van der Waals surface area (Å²) in [6.07, 6.45) is -0.416. The Morgan fingerprint density at radius 3 is 2.89 bits per heavy atom. The topological polar surface area (TPSA) is 54.3 Å². The molecule has 2 N–H and O–H groups in total. The van der Waals surface area contributed by atoms with Gasteiger partial charge in [0.1, 0.15) is 5.69 Å². The number of halogens is 2. The van der Waals surface area contributed by atoms with Crippen LogP contribution in [0.25, 0.3) is 0 Å². The van der Waals surface area contributed by atoms with Crippen LogP contribution in [0, 0.1) is 0 Å². The van der Waals surface area contributed by atoms with Gasteiger partial charge < -0.3 is 15.0 Å². The normalized spacial score (nSPS) is 12.7. The standard InChI is InChI=1S/C12H18F2N2O2/c1-2-9(17)5-6-15-12(18)10-4-3-7-16(10)8-11(13)14/h3-4,7,9,11,17H,2,5-6,8H2,1H3,(H,15,18). The van der Waals surface area contributed by atoms with Crippen LogP contribution in [0.15, 0.2) is 18.3 Å². The van der Waals surface area contributed by atoms with Gasteiger partial charge in [-0.2, -0.15) is 0 Å². The maximum atomic E-state index is 12.3. The van der Waals surface area contributed by atoms with Crippen molar-refractivity contribution in [1.82, 2.24) is 9.88 Å². The Hall–Kier alpha value is -1.43. The molecule has 0 aliphatic rings. The summed E-state index contributed by atoms with van der Waals surface area (Å²) in [5, 5.41) is 11.9. The van der Waals surface area contributed by atoms with Crippen molar-refractivity contribution in [2.24, 2.45) is 0 Å². The van der Waals surface area contributed by atoms with Crippen molar-refractivity contribution in [3.8, 4) is 0 Å². The van der Waals surface area contributed by atoms with E-state index in [0.717, 1.165) is 0 Å². The number of rotatable bonds is 7. The maximum Gasteiger partial charge on any atom is 0.267 e. The SMILES string of the molecule is CCC(O)CCNC(=O)c1cccn1CC(F)F. The quantitative estimate of drug-likeness (QED) is 0.783. The Kier molecular flexibility index (Phi) is 5.77. The predicted molar refractivity (Wildman–Crippen MR) is 63.7 cm³/mol. The number of hydrogen-bond donors (Lipinski definition) is 2. The first-order valence-electron chi connectivity index (χ1n) is 5.94. The fraction of sp³-hybridized carbons (Fsp3) is 0.583. The summed E-state index contributed by atoms with van der Waals surface area (Å²) in [6, 6.07) is 3.05. The molecular weight excluding hydrogens is 242 g/mol. The minimum absolute atomic E-state index is 0.210. The summed E-state index contributed by atoms with van der Waals surface area (Å²) >= 11 is 0. The highest BCUT2D eigenvalue weighted by Gasteiger charge is 2.13. The molecule has 0 radical (unpaired) electrons. The molecule has 102 valence electrons. The van der Waals surface area contributed by atoms with Crippen LogP contribution < -0.4 is 5.32 Å². The van der Waals surface area contributed by atoms with Gasteiger partial charge in [0.2, 0.25) is 0 Å². The third kappa shape index (κ3) is 4.44. The molecule has 1 rings (SSSR count). The van der Waals surface area contributed by atoms with Crippen LogP contribution in [-0.4, -0.2) is 34.7 Å². The molecule has 0 saturated carbocycles. The molecular formula is C12H18F2N2O2. The van der Waals surface area contributed by atoms with Crippen LogP contribution in [0.2, 0.25) is 0 Å². The molecule has 0 spiro atoms. The van der Waals surface area contributed by atoms with Crippen molar-refractivity contribution in [3.63, 3.8) is 0 Å². The van der Waals surface area contributed by atoms with E-state index in [9.17, 15) is 18.7 Å². The van der Waals surface area contributed by atoms with Crippen molar-refractivity contribution in [2.45, 2.75) is 38.8 Å². The van der Waals surface area contributed by atoms with Gasteiger partial charge >= 0.3 is 0 Å². The summed E-state index contributed by atoms with van der Waals surface area (Å²) < 4.78 is 25.7. The molecule has 0 saturated heterocycles. The van der Waals surface area contributed by atoms with Gasteiger partial charge in [-0.3, -0.25) is 4.79 Å². The van der Waals surface area contributed by atoms with Gasteiger partial charge in [-0.05, 0) is 25.0 Å². The highest BCUT2D eigenvalue weighted by atomic mass is 19.3. The van der Waals surface area contributed by atoms with Gasteiger partial charge in [-0.1, -0.05) is 6.92 Å². The second-order valence-corrected chi connectivity index (χ2v) is 4.04. The molecule has 18 heavy (non-hydrogen) atoms. The zero-order valence-corrected chi connectivity index (χ0v) is 10.3. The second-order valence-electron chi connectivity index (χ2n) is 4.04. The molecule has 1 atom stereocenters. The van der Waals surface area contributed by atoms with Crippen molar-refractivity contribution in [3.05, 3.63) is 24.0 Å². The maximum absolute atomic E-state index is 12.3. The number of amides is 1. The molecule has 0 fully saturated rings. The van der Waals surface area contributed by atoms with E-state index in [-0.39, 0.29) is 5.69 Å². The molecule has 1 amide bonds. The van der Waals surface area contributed by atoms with Crippen LogP contribution in [-0.2, 0) is 6.54 Å². The third-order valence-corrected chi connectivity index (χ3v) is 2.63. The van der Waals surface area contributed by atoms with Gasteiger partial charge in [-0.25, -0.2) is 8.78 Å². The third-order valence-electron chi connectivity index (χ3n) is 2.63. The predicted octanol–water partition coefficient (Wildman–Crippen LogP) is 1.64. The Morgan fingerprint density at radius 2 is 2.28 bits per heavy atom. The molecule has 1 aromatic heterocycles. The van der Waals surface area contributed by atoms with E-state index in [1.807, 2.05) is 6.92 Å². The van der Waals surface area contributed by atoms with Gasteiger partial charge in [0.05, 0.1) is 12.6 Å². The lowest BCUT2D eigenvalue weighted by Gasteiger charge is -2.11. The summed E-state index contributed by atoms with van der Waals surface area (Å²) in [6.45, 7) is 1.68. The Bertz CT molecular complexity index is 380. The molecule has 0 aliphatic heterocycles. The first-order chi connectivity index (χ1) is 8.54. The van der Waals surface area contributed by atoms with Gasteiger partial charge in [0.25, 0.3) is 12.3 Å². The number of carbonyl (C=O) groups excluding carboxylic acids is 1. The molecule has 0 aromatic carbocycles. The Morgan fingerprint density at radius 1 is 1.56 bits per heavy atom. The summed E-state index contributed by atoms with van der Waals surface area (Å²) in [5.41, 5.74) is 0.210. The lowest BCUT2D eigenvalue weighted by atomic mass is 10.2. The van der Waals surface area contributed by atoms with Crippen molar-refractivity contribution >= 4 is 5.91 Å². The lowest BCUT2D eigenvalue weighted by Crippen LogP contribution is -2.29. The summed E-state index contributed by atoms with van der Waals surface area (Å²) in [7, 11) is 0. The number of aliphatic hydroxyl groups is 1. The fourth-order valence-corrected chi connectivity index (χ4v) is 1.58. The van der Waals surface area contributed by atoms with E-state index >= 15 is 0 Å². The number of aliphatic hydroxyl groups excluding tert-OH is 1. The van der Waals surface area contributed by atoms with E-state index in [2.05, 4.69) is 5.32 Å². The number of nitrogens with one attached hydrogen (secondary N) is 1. The molecule has 0 aliphatic carbocycles. The highest BCUT2D eigenvalue weighted by Crippen LogP contribution is 2.06. The number of alkyl halides is 2. The summed E-state index contributed by atoms with van der Waals surface area (Å²) in [5.74, 6) is -0.399. The van der Waals surface area contributed by atoms with Crippen LogP contribution in [0.3, 0.4) is 0 Å². The molecule has 0 bridgehead atoms. The van der Waals surface area contributed by atoms with Gasteiger partial charge in [-0.15, -0.1) is 0 Å². The minimum atomic E-state index is -2.49. The number of nitrogens with zero attached hydrogens (tertiary/aromatic N) is 1. The smallest absolute Gasteiger partial charge is 0.267 e. The van der Waals surface area contributed by atoms with Crippen LogP contribution >= 0.6 is 0 Å². The summed E-state index contributed by atoms with van der Waals surface area (Å²) in [4.78, 5) is 11.7. The van der Waals surface area contributed by atoms with E-state index in [1.54, 1.807) is 6.07 Å². The number of hydrogen-bond acceptors (Lipinski definition) is 2. The largest absolute Gasteiger partial charge is 0.393 e.